The summed E-state index contributed by atoms with van der Waals surface area (Å²) >= 11 is 0. The van der Waals surface area contributed by atoms with Crippen molar-refractivity contribution in [3.05, 3.63) is 47.9 Å². The number of H-pyrrole nitrogens is 1. The van der Waals surface area contributed by atoms with E-state index in [2.05, 4.69) is 14.8 Å². The number of nitrogens with one attached hydrogen (secondary N) is 1. The second-order valence-corrected chi connectivity index (χ2v) is 14.6. The number of aliphatic hydroxyl groups is 1. The van der Waals surface area contributed by atoms with Gasteiger partial charge in [-0.3, -0.25) is 9.80 Å². The molecule has 12 heteroatoms. The Morgan fingerprint density at radius 2 is 1.90 bits per heavy atom. The van der Waals surface area contributed by atoms with E-state index in [1.54, 1.807) is 6.07 Å². The zero-order valence-corrected chi connectivity index (χ0v) is 28.8. The largest absolute Gasteiger partial charge is 0.462 e. The fourth-order valence-corrected chi connectivity index (χ4v) is 7.97. The summed E-state index contributed by atoms with van der Waals surface area (Å²) in [7, 11) is 0. The van der Waals surface area contributed by atoms with Crippen LogP contribution in [0.25, 0.3) is 32.9 Å². The minimum Gasteiger partial charge on any atom is -0.462 e. The van der Waals surface area contributed by atoms with Crippen molar-refractivity contribution in [3.63, 3.8) is 0 Å². The molecular weight excluding hydrogens is 625 g/mol. The minimum atomic E-state index is -0.582. The van der Waals surface area contributed by atoms with Crippen LogP contribution in [-0.2, 0) is 11.2 Å². The fraction of sp³-hybridized carbons (Fsp3) is 0.541. The number of likely N-dealkylation sites (tertiary alicyclic amines) is 1. The van der Waals surface area contributed by atoms with Gasteiger partial charge in [-0.2, -0.15) is 9.97 Å². The first-order valence-electron chi connectivity index (χ1n) is 17.7. The summed E-state index contributed by atoms with van der Waals surface area (Å²) in [4.78, 5) is 32.6. The molecule has 11 nitrogen and oxygen atoms in total. The fourth-order valence-electron chi connectivity index (χ4n) is 7.97. The number of aliphatic hydroxyl groups excluding tert-OH is 1. The summed E-state index contributed by atoms with van der Waals surface area (Å²) in [6.45, 7) is 9.71. The summed E-state index contributed by atoms with van der Waals surface area (Å²) in [5.41, 5.74) is 8.35. The monoisotopic (exact) mass is 673 g/mol. The highest BCUT2D eigenvalue weighted by Crippen LogP contribution is 2.40. The molecule has 3 saturated heterocycles. The Morgan fingerprint density at radius 3 is 2.63 bits per heavy atom. The first-order valence-corrected chi connectivity index (χ1v) is 17.7. The lowest BCUT2D eigenvalue weighted by Crippen LogP contribution is -2.57. The molecule has 49 heavy (non-hydrogen) atoms. The van der Waals surface area contributed by atoms with Crippen LogP contribution in [0.15, 0.2) is 36.5 Å². The SMILES string of the molecule is CC(C)(C)OC(=O)N1[C@@H]2CC[C@H]1CN(c1nc(OC[C@@H]3CCCN3CCCN)nc3c(F)c(-c4c[nH]c5cccc(CCO)c45)ccc13)C2. The number of carbonyl (C=O) groups is 1. The molecule has 0 saturated carbocycles. The third-order valence-corrected chi connectivity index (χ3v) is 10.2. The molecule has 4 aromatic rings. The molecule has 0 unspecified atom stereocenters. The van der Waals surface area contributed by atoms with Gasteiger partial charge in [0.2, 0.25) is 0 Å². The van der Waals surface area contributed by atoms with Gasteiger partial charge in [-0.15, -0.1) is 0 Å². The first kappa shape index (κ1) is 33.5. The van der Waals surface area contributed by atoms with E-state index < -0.39 is 11.4 Å². The molecule has 2 aromatic carbocycles. The van der Waals surface area contributed by atoms with E-state index in [0.29, 0.717) is 55.0 Å². The molecule has 0 radical (unpaired) electrons. The van der Waals surface area contributed by atoms with Crippen molar-refractivity contribution in [2.45, 2.75) is 83.0 Å². The number of hydrogen-bond donors (Lipinski definition) is 3. The lowest BCUT2D eigenvalue weighted by Gasteiger charge is -2.42. The third-order valence-electron chi connectivity index (χ3n) is 10.2. The minimum absolute atomic E-state index is 0.00492. The van der Waals surface area contributed by atoms with E-state index in [9.17, 15) is 9.90 Å². The van der Waals surface area contributed by atoms with Crippen LogP contribution in [0, 0.1) is 5.82 Å². The first-order chi connectivity index (χ1) is 23.6. The van der Waals surface area contributed by atoms with Crippen LogP contribution in [0.2, 0.25) is 0 Å². The number of rotatable bonds is 10. The summed E-state index contributed by atoms with van der Waals surface area (Å²) < 4.78 is 29.0. The molecule has 3 atom stereocenters. The van der Waals surface area contributed by atoms with Crippen molar-refractivity contribution in [2.24, 2.45) is 5.73 Å². The molecule has 3 aliphatic rings. The van der Waals surface area contributed by atoms with Crippen molar-refractivity contribution < 1.29 is 23.8 Å². The molecule has 0 aliphatic carbocycles. The molecule has 2 bridgehead atoms. The molecule has 262 valence electrons. The number of halogens is 1. The van der Waals surface area contributed by atoms with Crippen LogP contribution in [0.4, 0.5) is 15.0 Å². The topological polar surface area (TPSA) is 133 Å². The zero-order valence-electron chi connectivity index (χ0n) is 28.8. The average Bonchev–Trinajstić information content (AvgIpc) is 3.78. The third kappa shape index (κ3) is 6.65. The van der Waals surface area contributed by atoms with E-state index in [1.807, 2.05) is 56.1 Å². The van der Waals surface area contributed by atoms with E-state index in [4.69, 9.17) is 25.2 Å². The second kappa shape index (κ2) is 13.7. The highest BCUT2D eigenvalue weighted by atomic mass is 19.1. The van der Waals surface area contributed by atoms with Gasteiger partial charge in [0, 0.05) is 59.4 Å². The lowest BCUT2D eigenvalue weighted by atomic mass is 9.97. The van der Waals surface area contributed by atoms with E-state index in [-0.39, 0.29) is 42.4 Å². The average molecular weight is 674 g/mol. The Kier molecular flexibility index (Phi) is 9.38. The van der Waals surface area contributed by atoms with E-state index in [0.717, 1.165) is 61.7 Å². The van der Waals surface area contributed by atoms with Crippen molar-refractivity contribution in [1.82, 2.24) is 24.8 Å². The van der Waals surface area contributed by atoms with Gasteiger partial charge in [0.15, 0.2) is 5.82 Å². The maximum atomic E-state index is 16.9. The number of nitrogens with zero attached hydrogens (tertiary/aromatic N) is 5. The number of hydrogen-bond acceptors (Lipinski definition) is 9. The summed E-state index contributed by atoms with van der Waals surface area (Å²) in [6.07, 6.45) is 6.74. The van der Waals surface area contributed by atoms with Crippen LogP contribution >= 0.6 is 0 Å². The number of benzene rings is 2. The van der Waals surface area contributed by atoms with Crippen molar-refractivity contribution in [2.75, 3.05) is 50.8 Å². The standard InChI is InChI=1S/C37H48FN7O4/c1-37(2,3)49-36(47)45-24-10-11-25(45)21-44(20-24)34-28-13-12-27(29-19-40-30-9-4-7-23(14-18-46)31(29)30)32(38)33(28)41-35(42-34)48-22-26-8-5-16-43(26)17-6-15-39/h4,7,9,12-13,19,24-26,40,46H,5-6,8,10-11,14-18,20-22,39H2,1-3H3/t24-,25+,26-/m0/s1. The molecule has 0 spiro atoms. The number of piperazine rings is 1. The van der Waals surface area contributed by atoms with Crippen LogP contribution in [0.1, 0.15) is 58.4 Å². The number of amides is 1. The van der Waals surface area contributed by atoms with Crippen LogP contribution in [-0.4, -0.2) is 106 Å². The highest BCUT2D eigenvalue weighted by molar-refractivity contribution is 6.01. The van der Waals surface area contributed by atoms with Crippen molar-refractivity contribution in [3.8, 4) is 17.1 Å². The summed E-state index contributed by atoms with van der Waals surface area (Å²) in [5.74, 6) is 0.156. The predicted molar refractivity (Wildman–Crippen MR) is 188 cm³/mol. The smallest absolute Gasteiger partial charge is 0.410 e. The maximum absolute atomic E-state index is 16.9. The van der Waals surface area contributed by atoms with Gasteiger partial charge >= 0.3 is 12.1 Å². The van der Waals surface area contributed by atoms with Gasteiger partial charge in [0.1, 0.15) is 23.5 Å². The van der Waals surface area contributed by atoms with Gasteiger partial charge in [-0.25, -0.2) is 9.18 Å². The van der Waals surface area contributed by atoms with Gasteiger partial charge in [0.25, 0.3) is 0 Å². The Morgan fingerprint density at radius 1 is 1.10 bits per heavy atom. The number of nitrogens with two attached hydrogens (primary N) is 1. The summed E-state index contributed by atoms with van der Waals surface area (Å²) in [6, 6.07) is 9.82. The zero-order chi connectivity index (χ0) is 34.3. The Labute approximate surface area is 286 Å². The maximum Gasteiger partial charge on any atom is 0.410 e. The number of aromatic amines is 1. The Bertz CT molecular complexity index is 1810. The van der Waals surface area contributed by atoms with Crippen LogP contribution in [0.3, 0.4) is 0 Å². The Hall–Kier alpha value is -4.00. The molecule has 7 rings (SSSR count). The van der Waals surface area contributed by atoms with Crippen molar-refractivity contribution in [1.29, 1.82) is 0 Å². The van der Waals surface area contributed by atoms with Gasteiger partial charge in [-0.05, 0) is 96.6 Å². The molecular formula is C37H48FN7O4. The predicted octanol–water partition coefficient (Wildman–Crippen LogP) is 5.23. The quantitative estimate of drug-likeness (QED) is 0.207. The molecule has 2 aromatic heterocycles. The number of aromatic nitrogens is 3. The second-order valence-electron chi connectivity index (χ2n) is 14.6. The van der Waals surface area contributed by atoms with E-state index in [1.165, 1.54) is 0 Å². The number of anilines is 1. The number of ether oxygens (including phenoxy) is 2. The number of fused-ring (bicyclic) bond motifs is 4. The molecule has 3 fully saturated rings. The van der Waals surface area contributed by atoms with E-state index >= 15 is 4.39 Å². The molecule has 5 heterocycles. The highest BCUT2D eigenvalue weighted by Gasteiger charge is 2.45. The normalized spacial score (nSPS) is 21.3. The molecule has 1 amide bonds. The molecule has 4 N–H and O–H groups in total. The lowest BCUT2D eigenvalue weighted by molar-refractivity contribution is 0.0122. The van der Waals surface area contributed by atoms with Crippen molar-refractivity contribution >= 4 is 33.7 Å². The Balaban J connectivity index is 1.26. The molecule has 3 aliphatic heterocycles. The van der Waals surface area contributed by atoms with Crippen LogP contribution < -0.4 is 15.4 Å². The summed E-state index contributed by atoms with van der Waals surface area (Å²) in [5, 5.41) is 11.2. The van der Waals surface area contributed by atoms with Gasteiger partial charge in [0.05, 0.1) is 12.1 Å². The van der Waals surface area contributed by atoms with Gasteiger partial charge < -0.3 is 30.2 Å². The number of carbonyl (C=O) groups excluding carboxylic acids is 1. The van der Waals surface area contributed by atoms with Crippen LogP contribution in [0.5, 0.6) is 6.01 Å². The van der Waals surface area contributed by atoms with Gasteiger partial charge in [-0.1, -0.05) is 18.2 Å².